The lowest BCUT2D eigenvalue weighted by Gasteiger charge is -2.22. The third-order valence-corrected chi connectivity index (χ3v) is 4.01. The minimum Gasteiger partial charge on any atom is -0.394 e. The highest BCUT2D eigenvalue weighted by molar-refractivity contribution is 5.77. The number of nitrogens with one attached hydrogen (secondary N) is 1. The standard InChI is InChI=1S/C18H23FN6O6/c1-10-22-24-18(25-23-10)12-4-2-11(3-5-12)6-20-15(28)9-31-21-7-13(19)16(29)17(30)14(27)8-26/h2-5,7,13-14,16-17,26-27,29-30H,6,8-9H2,1H3,(H,20,28)/b21-7+/t13-,14+,16+,17+/m0/s1/i19-1. The topological polar surface area (TPSA) is 183 Å². The molecule has 0 aliphatic rings. The van der Waals surface area contributed by atoms with Gasteiger partial charge >= 0.3 is 0 Å². The molecule has 0 aliphatic heterocycles. The van der Waals surface area contributed by atoms with Crippen LogP contribution in [0, 0.1) is 6.92 Å². The van der Waals surface area contributed by atoms with E-state index in [-0.39, 0.29) is 6.54 Å². The second kappa shape index (κ2) is 11.9. The molecule has 2 aromatic rings. The van der Waals surface area contributed by atoms with Crippen LogP contribution in [0.15, 0.2) is 29.4 Å². The van der Waals surface area contributed by atoms with Crippen molar-refractivity contribution in [3.8, 4) is 11.4 Å². The summed E-state index contributed by atoms with van der Waals surface area (Å²) in [4.78, 5) is 16.4. The largest absolute Gasteiger partial charge is 0.394 e. The molecular weight excluding hydrogens is 414 g/mol. The van der Waals surface area contributed by atoms with Gasteiger partial charge in [0, 0.05) is 12.1 Å². The number of carbonyl (C=O) groups excluding carboxylic acids is 1. The van der Waals surface area contributed by atoms with Gasteiger partial charge in [-0.05, 0) is 12.5 Å². The molecule has 13 heteroatoms. The van der Waals surface area contributed by atoms with Gasteiger partial charge in [-0.2, -0.15) is 0 Å². The van der Waals surface area contributed by atoms with Crippen LogP contribution in [-0.2, 0) is 16.2 Å². The van der Waals surface area contributed by atoms with Crippen LogP contribution in [0.1, 0.15) is 11.4 Å². The maximum Gasteiger partial charge on any atom is 0.261 e. The number of halogens is 1. The lowest BCUT2D eigenvalue weighted by Crippen LogP contribution is -2.44. The van der Waals surface area contributed by atoms with Gasteiger partial charge < -0.3 is 30.6 Å². The van der Waals surface area contributed by atoms with Crippen LogP contribution in [0.3, 0.4) is 0 Å². The summed E-state index contributed by atoms with van der Waals surface area (Å²) in [6, 6.07) is 7.04. The fraction of sp³-hybridized carbons (Fsp3) is 0.444. The van der Waals surface area contributed by atoms with Crippen LogP contribution in [0.4, 0.5) is 4.39 Å². The summed E-state index contributed by atoms with van der Waals surface area (Å²) in [6.45, 7) is 0.523. The summed E-state index contributed by atoms with van der Waals surface area (Å²) < 4.78 is 13.7. The molecule has 5 N–H and O–H groups in total. The number of alkyl halides is 1. The molecule has 0 aliphatic carbocycles. The average molecular weight is 437 g/mol. The Kier molecular flexibility index (Phi) is 9.27. The van der Waals surface area contributed by atoms with E-state index in [1.54, 1.807) is 31.2 Å². The van der Waals surface area contributed by atoms with E-state index in [1.165, 1.54) is 0 Å². The Hall–Kier alpha value is -3.13. The zero-order valence-corrected chi connectivity index (χ0v) is 16.5. The number of nitrogens with zero attached hydrogens (tertiary/aromatic N) is 5. The lowest BCUT2D eigenvalue weighted by molar-refractivity contribution is -0.125. The second-order valence-corrected chi connectivity index (χ2v) is 6.45. The van der Waals surface area contributed by atoms with E-state index in [2.05, 4.69) is 35.7 Å². The van der Waals surface area contributed by atoms with Crippen LogP contribution < -0.4 is 5.32 Å². The number of aliphatic hydroxyl groups excluding tert-OH is 4. The van der Waals surface area contributed by atoms with E-state index >= 15 is 0 Å². The van der Waals surface area contributed by atoms with Crippen LogP contribution in [0.2, 0.25) is 0 Å². The molecular formula is C18H23FN6O6. The normalized spacial score (nSPS) is 15.3. The van der Waals surface area contributed by atoms with Crippen molar-refractivity contribution >= 4 is 12.1 Å². The molecule has 0 bridgehead atoms. The first-order valence-corrected chi connectivity index (χ1v) is 9.16. The Labute approximate surface area is 176 Å². The van der Waals surface area contributed by atoms with Gasteiger partial charge in [-0.15, -0.1) is 20.4 Å². The molecule has 1 aromatic carbocycles. The Balaban J connectivity index is 1.73. The molecule has 0 spiro atoms. The van der Waals surface area contributed by atoms with Gasteiger partial charge in [0.15, 0.2) is 18.6 Å². The van der Waals surface area contributed by atoms with Gasteiger partial charge in [0.2, 0.25) is 5.82 Å². The summed E-state index contributed by atoms with van der Waals surface area (Å²) in [7, 11) is 0. The number of rotatable bonds is 11. The monoisotopic (exact) mass is 437 g/mol. The molecule has 0 radical (unpaired) electrons. The van der Waals surface area contributed by atoms with E-state index < -0.39 is 43.6 Å². The van der Waals surface area contributed by atoms with Crippen molar-refractivity contribution in [3.63, 3.8) is 0 Å². The molecule has 1 heterocycles. The predicted molar refractivity (Wildman–Crippen MR) is 104 cm³/mol. The molecule has 1 amide bonds. The van der Waals surface area contributed by atoms with Gasteiger partial charge in [-0.1, -0.05) is 29.4 Å². The van der Waals surface area contributed by atoms with Crippen LogP contribution in [0.5, 0.6) is 0 Å². The van der Waals surface area contributed by atoms with E-state index in [9.17, 15) is 19.4 Å². The highest BCUT2D eigenvalue weighted by Crippen LogP contribution is 2.14. The molecule has 0 saturated heterocycles. The quantitative estimate of drug-likeness (QED) is 0.200. The van der Waals surface area contributed by atoms with Crippen LogP contribution >= 0.6 is 0 Å². The van der Waals surface area contributed by atoms with Crippen molar-refractivity contribution in [2.24, 2.45) is 5.16 Å². The average Bonchev–Trinajstić information content (AvgIpc) is 2.79. The van der Waals surface area contributed by atoms with E-state index in [1.807, 2.05) is 0 Å². The van der Waals surface area contributed by atoms with E-state index in [0.717, 1.165) is 5.56 Å². The first-order chi connectivity index (χ1) is 14.8. The third-order valence-electron chi connectivity index (χ3n) is 4.01. The SMILES string of the molecule is Cc1nnc(-c2ccc(CNC(=O)CO/N=C/[C@H]([18F])[C@@H](O)[C@H](O)[C@H](O)CO)cc2)nn1. The van der Waals surface area contributed by atoms with Gasteiger partial charge in [-0.25, -0.2) is 4.39 Å². The fourth-order valence-corrected chi connectivity index (χ4v) is 2.23. The Morgan fingerprint density at radius 3 is 2.42 bits per heavy atom. The number of aryl methyl sites for hydroxylation is 1. The van der Waals surface area contributed by atoms with Gasteiger partial charge in [-0.3, -0.25) is 4.79 Å². The maximum absolute atomic E-state index is 13.7. The maximum atomic E-state index is 13.7. The summed E-state index contributed by atoms with van der Waals surface area (Å²) in [5.41, 5.74) is 1.50. The minimum absolute atomic E-state index is 0.202. The van der Waals surface area contributed by atoms with Crippen LogP contribution in [-0.4, -0.2) is 90.6 Å². The summed E-state index contributed by atoms with van der Waals surface area (Å²) in [5.74, 6) is 0.316. The number of carbonyl (C=O) groups is 1. The predicted octanol–water partition coefficient (Wildman–Crippen LogP) is -1.73. The smallest absolute Gasteiger partial charge is 0.261 e. The van der Waals surface area contributed by atoms with Crippen LogP contribution in [0.25, 0.3) is 11.4 Å². The number of benzene rings is 1. The number of hydrogen-bond donors (Lipinski definition) is 5. The second-order valence-electron chi connectivity index (χ2n) is 6.45. The molecule has 31 heavy (non-hydrogen) atoms. The van der Waals surface area contributed by atoms with Crippen molar-refractivity contribution in [1.82, 2.24) is 25.7 Å². The van der Waals surface area contributed by atoms with E-state index in [0.29, 0.717) is 23.4 Å². The molecule has 4 atom stereocenters. The summed E-state index contributed by atoms with van der Waals surface area (Å²) >= 11 is 0. The van der Waals surface area contributed by atoms with Gasteiger partial charge in [0.25, 0.3) is 5.91 Å². The Bertz CT molecular complexity index is 854. The first kappa shape index (κ1) is 24.1. The molecule has 0 saturated carbocycles. The zero-order valence-electron chi connectivity index (χ0n) is 16.5. The van der Waals surface area contributed by atoms with Crippen molar-refractivity contribution in [2.45, 2.75) is 38.0 Å². The molecule has 12 nitrogen and oxygen atoms in total. The molecule has 1 aromatic heterocycles. The first-order valence-electron chi connectivity index (χ1n) is 9.16. The lowest BCUT2D eigenvalue weighted by atomic mass is 10.1. The number of aliphatic hydroxyl groups is 4. The molecule has 0 fully saturated rings. The zero-order chi connectivity index (χ0) is 22.8. The number of aromatic nitrogens is 4. The number of oxime groups is 1. The van der Waals surface area contributed by atoms with Crippen molar-refractivity contribution in [2.75, 3.05) is 13.2 Å². The van der Waals surface area contributed by atoms with Gasteiger partial charge in [0.05, 0.1) is 12.8 Å². The van der Waals surface area contributed by atoms with Crippen molar-refractivity contribution in [3.05, 3.63) is 35.7 Å². The molecule has 2 rings (SSSR count). The van der Waals surface area contributed by atoms with Crippen molar-refractivity contribution < 1.29 is 34.4 Å². The highest BCUT2D eigenvalue weighted by atomic mass is 18.2. The number of amides is 1. The van der Waals surface area contributed by atoms with Gasteiger partial charge in [0.1, 0.15) is 18.3 Å². The number of hydrogen-bond acceptors (Lipinski definition) is 11. The molecule has 0 unspecified atom stereocenters. The Morgan fingerprint density at radius 2 is 1.81 bits per heavy atom. The van der Waals surface area contributed by atoms with Crippen molar-refractivity contribution in [1.29, 1.82) is 0 Å². The van der Waals surface area contributed by atoms with E-state index in [4.69, 9.17) is 10.2 Å². The highest BCUT2D eigenvalue weighted by Gasteiger charge is 2.30. The summed E-state index contributed by atoms with van der Waals surface area (Å²) in [6.07, 6.45) is -7.30. The Morgan fingerprint density at radius 1 is 1.16 bits per heavy atom. The third kappa shape index (κ3) is 7.57. The molecule has 168 valence electrons. The fourth-order valence-electron chi connectivity index (χ4n) is 2.23. The minimum atomic E-state index is -2.18. The summed E-state index contributed by atoms with van der Waals surface area (Å²) in [5, 5.41) is 58.0.